The van der Waals surface area contributed by atoms with Crippen LogP contribution in [0, 0.1) is 22.7 Å². The minimum atomic E-state index is -0.172. The van der Waals surface area contributed by atoms with Gasteiger partial charge in [0.05, 0.1) is 42.9 Å². The molecule has 7 heteroatoms. The number of hydrogen-bond donors (Lipinski definition) is 1. The van der Waals surface area contributed by atoms with E-state index in [-0.39, 0.29) is 12.5 Å². The van der Waals surface area contributed by atoms with Crippen molar-refractivity contribution in [2.75, 3.05) is 24.2 Å². The summed E-state index contributed by atoms with van der Waals surface area (Å²) in [6.45, 7) is 1.10. The molecule has 0 aliphatic heterocycles. The van der Waals surface area contributed by atoms with Gasteiger partial charge in [0.1, 0.15) is 5.76 Å². The molecule has 0 radical (unpaired) electrons. The molecule has 128 valence electrons. The van der Waals surface area contributed by atoms with Gasteiger partial charge in [-0.3, -0.25) is 9.69 Å². The Morgan fingerprint density at radius 3 is 2.76 bits per heavy atom. The smallest absolute Gasteiger partial charge is 0.238 e. The number of rotatable bonds is 9. The Kier molecular flexibility index (Phi) is 7.58. The highest BCUT2D eigenvalue weighted by Gasteiger charge is 2.14. The van der Waals surface area contributed by atoms with Crippen molar-refractivity contribution in [3.8, 4) is 12.1 Å². The van der Waals surface area contributed by atoms with Crippen molar-refractivity contribution in [2.45, 2.75) is 17.9 Å². The van der Waals surface area contributed by atoms with E-state index in [4.69, 9.17) is 14.9 Å². The summed E-state index contributed by atoms with van der Waals surface area (Å²) in [5.41, 5.74) is 0.686. The number of benzene rings is 1. The first-order chi connectivity index (χ1) is 12.2. The van der Waals surface area contributed by atoms with Gasteiger partial charge in [-0.2, -0.15) is 10.5 Å². The van der Waals surface area contributed by atoms with Gasteiger partial charge in [-0.05, 0) is 24.3 Å². The molecule has 0 atom stereocenters. The van der Waals surface area contributed by atoms with Crippen LogP contribution in [0.2, 0.25) is 0 Å². The summed E-state index contributed by atoms with van der Waals surface area (Å²) in [7, 11) is 0. The summed E-state index contributed by atoms with van der Waals surface area (Å²) in [6, 6.07) is 15.2. The minimum Gasteiger partial charge on any atom is -0.468 e. The normalized spacial score (nSPS) is 10.2. The monoisotopic (exact) mass is 354 g/mol. The molecule has 0 fully saturated rings. The van der Waals surface area contributed by atoms with Crippen molar-refractivity contribution in [3.63, 3.8) is 0 Å². The van der Waals surface area contributed by atoms with Crippen LogP contribution in [0.5, 0.6) is 0 Å². The van der Waals surface area contributed by atoms with Crippen LogP contribution < -0.4 is 5.32 Å². The van der Waals surface area contributed by atoms with Crippen molar-refractivity contribution in [3.05, 3.63) is 48.4 Å². The SMILES string of the molecule is N#CCCN(CC(=O)Nc1ccccc1SCC#N)Cc1ccco1. The molecule has 2 aromatic rings. The van der Waals surface area contributed by atoms with Crippen LogP contribution in [-0.2, 0) is 11.3 Å². The Bertz CT molecular complexity index is 762. The van der Waals surface area contributed by atoms with Crippen molar-refractivity contribution in [2.24, 2.45) is 0 Å². The molecule has 1 aromatic carbocycles. The molecule has 0 bridgehead atoms. The summed E-state index contributed by atoms with van der Waals surface area (Å²) in [6.07, 6.45) is 1.92. The first-order valence-electron chi connectivity index (χ1n) is 7.73. The van der Waals surface area contributed by atoms with Gasteiger partial charge < -0.3 is 9.73 Å². The standard InChI is InChI=1S/C18H18N4O2S/c19-8-4-10-22(13-15-5-3-11-24-15)14-18(23)21-16-6-1-2-7-17(16)25-12-9-20/h1-3,5-7,11H,4,10,12-14H2,(H,21,23). The zero-order chi connectivity index (χ0) is 17.9. The maximum atomic E-state index is 12.4. The average Bonchev–Trinajstić information content (AvgIpc) is 3.12. The average molecular weight is 354 g/mol. The Hall–Kier alpha value is -2.74. The topological polar surface area (TPSA) is 93.1 Å². The van der Waals surface area contributed by atoms with Crippen LogP contribution in [0.4, 0.5) is 5.69 Å². The van der Waals surface area contributed by atoms with Crippen molar-refractivity contribution in [1.82, 2.24) is 4.90 Å². The molecule has 0 unspecified atom stereocenters. The van der Waals surface area contributed by atoms with Gasteiger partial charge >= 0.3 is 0 Å². The Morgan fingerprint density at radius 2 is 2.04 bits per heavy atom. The fourth-order valence-electron chi connectivity index (χ4n) is 2.24. The van der Waals surface area contributed by atoms with E-state index in [1.54, 1.807) is 12.3 Å². The summed E-state index contributed by atoms with van der Waals surface area (Å²) < 4.78 is 5.32. The lowest BCUT2D eigenvalue weighted by Crippen LogP contribution is -2.33. The maximum absolute atomic E-state index is 12.4. The van der Waals surface area contributed by atoms with Crippen LogP contribution in [0.15, 0.2) is 52.0 Å². The molecule has 1 heterocycles. The van der Waals surface area contributed by atoms with Crippen LogP contribution in [-0.4, -0.2) is 29.6 Å². The highest BCUT2D eigenvalue weighted by atomic mass is 32.2. The third-order valence-electron chi connectivity index (χ3n) is 3.32. The molecule has 1 aromatic heterocycles. The molecule has 1 amide bonds. The van der Waals surface area contributed by atoms with E-state index in [1.807, 2.05) is 35.2 Å². The van der Waals surface area contributed by atoms with Crippen LogP contribution in [0.3, 0.4) is 0 Å². The summed E-state index contributed by atoms with van der Waals surface area (Å²) in [5.74, 6) is 0.893. The zero-order valence-corrected chi connectivity index (χ0v) is 14.5. The molecular weight excluding hydrogens is 336 g/mol. The molecule has 1 N–H and O–H groups in total. The summed E-state index contributed by atoms with van der Waals surface area (Å²) >= 11 is 1.38. The molecule has 0 saturated carbocycles. The van der Waals surface area contributed by atoms with Crippen molar-refractivity contribution >= 4 is 23.4 Å². The minimum absolute atomic E-state index is 0.152. The second-order valence-electron chi connectivity index (χ2n) is 5.19. The van der Waals surface area contributed by atoms with E-state index in [0.717, 1.165) is 10.7 Å². The van der Waals surface area contributed by atoms with E-state index in [0.29, 0.717) is 31.0 Å². The van der Waals surface area contributed by atoms with E-state index in [1.165, 1.54) is 11.8 Å². The number of hydrogen-bond acceptors (Lipinski definition) is 6. The summed E-state index contributed by atoms with van der Waals surface area (Å²) in [4.78, 5) is 15.1. The number of nitrogens with one attached hydrogen (secondary N) is 1. The van der Waals surface area contributed by atoms with Crippen LogP contribution in [0.1, 0.15) is 12.2 Å². The molecule has 0 spiro atoms. The largest absolute Gasteiger partial charge is 0.468 e. The second kappa shape index (κ2) is 10.2. The van der Waals surface area contributed by atoms with Crippen molar-refractivity contribution in [1.29, 1.82) is 10.5 Å². The van der Waals surface area contributed by atoms with E-state index >= 15 is 0 Å². The van der Waals surface area contributed by atoms with Gasteiger partial charge in [-0.1, -0.05) is 12.1 Å². The van der Waals surface area contributed by atoms with Crippen LogP contribution in [0.25, 0.3) is 0 Å². The third kappa shape index (κ3) is 6.34. The lowest BCUT2D eigenvalue weighted by atomic mass is 10.3. The molecule has 2 rings (SSSR count). The zero-order valence-electron chi connectivity index (χ0n) is 13.6. The number of anilines is 1. The number of nitrogens with zero attached hydrogens (tertiary/aromatic N) is 3. The van der Waals surface area contributed by atoms with E-state index in [2.05, 4.69) is 17.5 Å². The number of thioether (sulfide) groups is 1. The number of carbonyl (C=O) groups is 1. The second-order valence-corrected chi connectivity index (χ2v) is 6.21. The predicted octanol–water partition coefficient (Wildman–Crippen LogP) is 3.25. The predicted molar refractivity (Wildman–Crippen MR) is 95.6 cm³/mol. The lowest BCUT2D eigenvalue weighted by molar-refractivity contribution is -0.117. The number of carbonyl (C=O) groups excluding carboxylic acids is 1. The Labute approximate surface area is 151 Å². The van der Waals surface area contributed by atoms with E-state index in [9.17, 15) is 4.79 Å². The van der Waals surface area contributed by atoms with Crippen molar-refractivity contribution < 1.29 is 9.21 Å². The van der Waals surface area contributed by atoms with Crippen LogP contribution >= 0.6 is 11.8 Å². The molecule has 6 nitrogen and oxygen atoms in total. The van der Waals surface area contributed by atoms with Gasteiger partial charge in [0.25, 0.3) is 0 Å². The first-order valence-corrected chi connectivity index (χ1v) is 8.72. The van der Waals surface area contributed by atoms with Gasteiger partial charge in [0, 0.05) is 17.9 Å². The van der Waals surface area contributed by atoms with E-state index < -0.39 is 0 Å². The number of para-hydroxylation sites is 1. The molecular formula is C18H18N4O2S. The Morgan fingerprint density at radius 1 is 1.20 bits per heavy atom. The summed E-state index contributed by atoms with van der Waals surface area (Å²) in [5, 5.41) is 20.4. The number of amides is 1. The molecule has 0 saturated heterocycles. The van der Waals surface area contributed by atoms with Gasteiger partial charge in [-0.15, -0.1) is 11.8 Å². The number of nitriles is 2. The molecule has 0 aliphatic carbocycles. The molecule has 0 aliphatic rings. The highest BCUT2D eigenvalue weighted by Crippen LogP contribution is 2.26. The first kappa shape index (κ1) is 18.6. The quantitative estimate of drug-likeness (QED) is 0.695. The fourth-order valence-corrected chi connectivity index (χ4v) is 2.91. The van der Waals surface area contributed by atoms with Gasteiger partial charge in [0.15, 0.2) is 0 Å². The lowest BCUT2D eigenvalue weighted by Gasteiger charge is -2.19. The Balaban J connectivity index is 1.98. The van der Waals surface area contributed by atoms with Gasteiger partial charge in [-0.25, -0.2) is 0 Å². The fraction of sp³-hybridized carbons (Fsp3) is 0.278. The third-order valence-corrected chi connectivity index (χ3v) is 4.26. The highest BCUT2D eigenvalue weighted by molar-refractivity contribution is 7.99. The molecule has 25 heavy (non-hydrogen) atoms. The maximum Gasteiger partial charge on any atom is 0.238 e. The number of furan rings is 1. The van der Waals surface area contributed by atoms with Gasteiger partial charge in [0.2, 0.25) is 5.91 Å².